The number of carboxylic acid groups (broad SMARTS) is 1. The molecule has 7 nitrogen and oxygen atoms in total. The Kier molecular flexibility index (Phi) is 7.50. The van der Waals surface area contributed by atoms with E-state index in [0.717, 1.165) is 19.3 Å². The standard InChI is InChI=1S/C27H32N2O5/c1-17(26(31)32)13-14-28-25(30)18-7-6-8-19(15-18)29-27(33)34-16-24-22-11-4-2-9-20(22)21-10-3-5-12-23(21)24/h2-5,9-12,17-19,24H,6-8,13-16H2,1H3,(H,28,30)(H,29,33)(H,31,32)/t17?,18-,19+/m1/s1. The largest absolute Gasteiger partial charge is 0.481 e. The third kappa shape index (κ3) is 5.41. The quantitative estimate of drug-likeness (QED) is 0.540. The van der Waals surface area contributed by atoms with Gasteiger partial charge in [0.05, 0.1) is 5.92 Å². The molecule has 2 amide bonds. The van der Waals surface area contributed by atoms with Crippen molar-refractivity contribution in [3.05, 3.63) is 59.7 Å². The van der Waals surface area contributed by atoms with Crippen molar-refractivity contribution in [2.24, 2.45) is 11.8 Å². The monoisotopic (exact) mass is 464 g/mol. The molecule has 0 radical (unpaired) electrons. The number of nitrogens with one attached hydrogen (secondary N) is 2. The van der Waals surface area contributed by atoms with Crippen molar-refractivity contribution in [2.45, 2.75) is 51.0 Å². The Morgan fingerprint density at radius 2 is 1.68 bits per heavy atom. The van der Waals surface area contributed by atoms with Gasteiger partial charge >= 0.3 is 12.1 Å². The lowest BCUT2D eigenvalue weighted by atomic mass is 9.85. The van der Waals surface area contributed by atoms with Crippen molar-refractivity contribution in [1.82, 2.24) is 10.6 Å². The van der Waals surface area contributed by atoms with Crippen molar-refractivity contribution in [3.63, 3.8) is 0 Å². The molecule has 2 aromatic carbocycles. The predicted molar refractivity (Wildman–Crippen MR) is 128 cm³/mol. The summed E-state index contributed by atoms with van der Waals surface area (Å²) in [7, 11) is 0. The molecule has 0 bridgehead atoms. The van der Waals surface area contributed by atoms with E-state index in [9.17, 15) is 14.4 Å². The van der Waals surface area contributed by atoms with Gasteiger partial charge < -0.3 is 20.5 Å². The third-order valence-electron chi connectivity index (χ3n) is 7.01. The van der Waals surface area contributed by atoms with Gasteiger partial charge in [-0.1, -0.05) is 61.9 Å². The summed E-state index contributed by atoms with van der Waals surface area (Å²) in [5, 5.41) is 14.8. The van der Waals surface area contributed by atoms with E-state index in [1.807, 2.05) is 24.3 Å². The molecule has 0 aromatic heterocycles. The maximum atomic E-state index is 12.6. The van der Waals surface area contributed by atoms with Gasteiger partial charge in [0.15, 0.2) is 0 Å². The number of hydrogen-bond donors (Lipinski definition) is 3. The van der Waals surface area contributed by atoms with Crippen LogP contribution in [0.1, 0.15) is 56.1 Å². The predicted octanol–water partition coefficient (Wildman–Crippen LogP) is 4.31. The fraction of sp³-hybridized carbons (Fsp3) is 0.444. The van der Waals surface area contributed by atoms with E-state index < -0.39 is 18.0 Å². The van der Waals surface area contributed by atoms with Crippen LogP contribution in [0.25, 0.3) is 11.1 Å². The zero-order valence-electron chi connectivity index (χ0n) is 19.5. The Labute approximate surface area is 199 Å². The molecule has 34 heavy (non-hydrogen) atoms. The van der Waals surface area contributed by atoms with Gasteiger partial charge in [0.1, 0.15) is 6.61 Å². The average Bonchev–Trinajstić information content (AvgIpc) is 3.16. The second-order valence-corrected chi connectivity index (χ2v) is 9.35. The Bertz CT molecular complexity index is 1010. The van der Waals surface area contributed by atoms with Crippen LogP contribution < -0.4 is 10.6 Å². The van der Waals surface area contributed by atoms with Crippen LogP contribution in [-0.2, 0) is 14.3 Å². The summed E-state index contributed by atoms with van der Waals surface area (Å²) >= 11 is 0. The minimum atomic E-state index is -0.862. The van der Waals surface area contributed by atoms with E-state index in [0.29, 0.717) is 19.4 Å². The van der Waals surface area contributed by atoms with Crippen LogP contribution in [0.5, 0.6) is 0 Å². The van der Waals surface area contributed by atoms with Gasteiger partial charge in [0.25, 0.3) is 0 Å². The van der Waals surface area contributed by atoms with E-state index in [-0.39, 0.29) is 30.4 Å². The summed E-state index contributed by atoms with van der Waals surface area (Å²) in [5.41, 5.74) is 4.71. The van der Waals surface area contributed by atoms with Crippen LogP contribution in [0.15, 0.2) is 48.5 Å². The molecule has 0 aliphatic heterocycles. The normalized spacial score (nSPS) is 20.0. The van der Waals surface area contributed by atoms with Crippen molar-refractivity contribution >= 4 is 18.0 Å². The van der Waals surface area contributed by atoms with Gasteiger partial charge in [0.2, 0.25) is 5.91 Å². The van der Waals surface area contributed by atoms with Crippen molar-refractivity contribution in [1.29, 1.82) is 0 Å². The van der Waals surface area contributed by atoms with E-state index in [2.05, 4.69) is 34.9 Å². The Morgan fingerprint density at radius 1 is 1.03 bits per heavy atom. The summed E-state index contributed by atoms with van der Waals surface area (Å²) < 4.78 is 5.65. The lowest BCUT2D eigenvalue weighted by Gasteiger charge is -2.29. The first-order valence-electron chi connectivity index (χ1n) is 12.1. The number of fused-ring (bicyclic) bond motifs is 3. The number of alkyl carbamates (subject to hydrolysis) is 1. The number of benzene rings is 2. The van der Waals surface area contributed by atoms with Crippen LogP contribution in [-0.4, -0.2) is 42.3 Å². The summed E-state index contributed by atoms with van der Waals surface area (Å²) in [6, 6.07) is 16.3. The highest BCUT2D eigenvalue weighted by atomic mass is 16.5. The average molecular weight is 465 g/mol. The fourth-order valence-electron chi connectivity index (χ4n) is 5.05. The topological polar surface area (TPSA) is 105 Å². The molecule has 2 aliphatic carbocycles. The molecule has 4 rings (SSSR count). The summed E-state index contributed by atoms with van der Waals surface area (Å²) in [5.74, 6) is -1.60. The minimum absolute atomic E-state index is 0.0104. The smallest absolute Gasteiger partial charge is 0.407 e. The number of carboxylic acids is 1. The second kappa shape index (κ2) is 10.7. The van der Waals surface area contributed by atoms with Crippen LogP contribution >= 0.6 is 0 Å². The van der Waals surface area contributed by atoms with Gasteiger partial charge in [-0.2, -0.15) is 0 Å². The van der Waals surface area contributed by atoms with E-state index in [1.165, 1.54) is 22.3 Å². The number of ether oxygens (including phenoxy) is 1. The molecule has 0 heterocycles. The van der Waals surface area contributed by atoms with Crippen LogP contribution in [0.3, 0.4) is 0 Å². The molecule has 1 unspecified atom stereocenters. The van der Waals surface area contributed by atoms with Gasteiger partial charge in [-0.15, -0.1) is 0 Å². The Hall–Kier alpha value is -3.35. The molecule has 3 atom stereocenters. The Balaban J connectivity index is 1.27. The number of amides is 2. The lowest BCUT2D eigenvalue weighted by molar-refractivity contribution is -0.141. The maximum Gasteiger partial charge on any atom is 0.407 e. The van der Waals surface area contributed by atoms with Crippen LogP contribution in [0.2, 0.25) is 0 Å². The lowest BCUT2D eigenvalue weighted by Crippen LogP contribution is -2.43. The van der Waals surface area contributed by atoms with Crippen LogP contribution in [0.4, 0.5) is 4.79 Å². The number of carbonyl (C=O) groups excluding carboxylic acids is 2. The molecule has 2 aromatic rings. The molecule has 1 fully saturated rings. The SMILES string of the molecule is CC(CCNC(=O)[C@@H]1CCC[C@H](NC(=O)OCC2c3ccccc3-c3ccccc32)C1)C(=O)O. The van der Waals surface area contributed by atoms with Crippen LogP contribution in [0, 0.1) is 11.8 Å². The van der Waals surface area contributed by atoms with Crippen molar-refractivity contribution in [2.75, 3.05) is 13.2 Å². The Morgan fingerprint density at radius 3 is 2.32 bits per heavy atom. The molecular weight excluding hydrogens is 432 g/mol. The van der Waals surface area contributed by atoms with E-state index >= 15 is 0 Å². The molecule has 1 saturated carbocycles. The molecule has 7 heteroatoms. The number of rotatable bonds is 8. The van der Waals surface area contributed by atoms with Gasteiger partial charge in [-0.25, -0.2) is 4.79 Å². The third-order valence-corrected chi connectivity index (χ3v) is 7.01. The zero-order valence-corrected chi connectivity index (χ0v) is 19.5. The molecule has 2 aliphatic rings. The number of aliphatic carboxylic acids is 1. The van der Waals surface area contributed by atoms with Crippen molar-refractivity contribution < 1.29 is 24.2 Å². The highest BCUT2D eigenvalue weighted by molar-refractivity contribution is 5.80. The summed E-state index contributed by atoms with van der Waals surface area (Å²) in [6.07, 6.45) is 2.92. The van der Waals surface area contributed by atoms with E-state index in [1.54, 1.807) is 6.92 Å². The number of hydrogen-bond acceptors (Lipinski definition) is 4. The first-order valence-corrected chi connectivity index (χ1v) is 12.1. The van der Waals surface area contributed by atoms with Gasteiger partial charge in [-0.05, 0) is 47.9 Å². The van der Waals surface area contributed by atoms with E-state index in [4.69, 9.17) is 9.84 Å². The van der Waals surface area contributed by atoms with Gasteiger partial charge in [-0.3, -0.25) is 9.59 Å². The molecule has 0 spiro atoms. The maximum absolute atomic E-state index is 12.6. The summed E-state index contributed by atoms with van der Waals surface area (Å²) in [4.78, 5) is 36.0. The highest BCUT2D eigenvalue weighted by Crippen LogP contribution is 2.44. The highest BCUT2D eigenvalue weighted by Gasteiger charge is 2.31. The van der Waals surface area contributed by atoms with Crippen molar-refractivity contribution in [3.8, 4) is 11.1 Å². The molecule has 0 saturated heterocycles. The summed E-state index contributed by atoms with van der Waals surface area (Å²) in [6.45, 7) is 2.23. The second-order valence-electron chi connectivity index (χ2n) is 9.35. The molecule has 3 N–H and O–H groups in total. The molecular formula is C27H32N2O5. The van der Waals surface area contributed by atoms with Gasteiger partial charge in [0, 0.05) is 24.4 Å². The zero-order chi connectivity index (χ0) is 24.1. The molecule has 180 valence electrons. The first-order chi connectivity index (χ1) is 16.4. The fourth-order valence-corrected chi connectivity index (χ4v) is 5.05. The number of carbonyl (C=O) groups is 3. The first kappa shape index (κ1) is 23.8. The minimum Gasteiger partial charge on any atom is -0.481 e.